The highest BCUT2D eigenvalue weighted by Gasteiger charge is 2.38. The molecule has 2 N–H and O–H groups in total. The number of alkyl halides is 1. The summed E-state index contributed by atoms with van der Waals surface area (Å²) in [5.74, 6) is -0.0704. The van der Waals surface area contributed by atoms with Gasteiger partial charge in [-0.15, -0.1) is 0 Å². The van der Waals surface area contributed by atoms with Crippen molar-refractivity contribution in [2.45, 2.75) is 83.6 Å². The van der Waals surface area contributed by atoms with Crippen LogP contribution in [-0.2, 0) is 4.74 Å². The first kappa shape index (κ1) is 26.8. The molecule has 0 aliphatic carbocycles. The third kappa shape index (κ3) is 6.44. The molecule has 3 atom stereocenters. The summed E-state index contributed by atoms with van der Waals surface area (Å²) in [4.78, 5) is 39.0. The topological polar surface area (TPSA) is 97.0 Å². The second kappa shape index (κ2) is 10.4. The van der Waals surface area contributed by atoms with E-state index in [1.165, 1.54) is 18.0 Å². The number of piperidine rings is 1. The first-order valence-electron chi connectivity index (χ1n) is 12.4. The maximum atomic E-state index is 15.5. The lowest BCUT2D eigenvalue weighted by molar-refractivity contribution is -0.00798. The number of rotatable bonds is 6. The molecule has 0 saturated carbocycles. The van der Waals surface area contributed by atoms with Crippen LogP contribution in [0.3, 0.4) is 0 Å². The summed E-state index contributed by atoms with van der Waals surface area (Å²) in [5.41, 5.74) is -0.609. The first-order valence-corrected chi connectivity index (χ1v) is 12.4. The Morgan fingerprint density at radius 3 is 2.60 bits per heavy atom. The van der Waals surface area contributed by atoms with Crippen molar-refractivity contribution < 1.29 is 28.2 Å². The number of fused-ring (bicyclic) bond motifs is 1. The molecule has 9 heteroatoms. The van der Waals surface area contributed by atoms with Crippen molar-refractivity contribution in [3.05, 3.63) is 28.8 Å². The Morgan fingerprint density at radius 1 is 1.23 bits per heavy atom. The molecule has 1 fully saturated rings. The number of carbonyl (C=O) groups excluding carboxylic acids is 3. The van der Waals surface area contributed by atoms with Crippen molar-refractivity contribution in [1.82, 2.24) is 15.5 Å². The quantitative estimate of drug-likeness (QED) is 0.582. The number of carbonyl (C=O) groups is 3. The second-order valence-electron chi connectivity index (χ2n) is 10.6. The second-order valence-corrected chi connectivity index (χ2v) is 10.6. The molecule has 0 radical (unpaired) electrons. The monoisotopic (exact) mass is 491 g/mol. The first-order chi connectivity index (χ1) is 16.3. The summed E-state index contributed by atoms with van der Waals surface area (Å²) >= 11 is 0. The Hall–Kier alpha value is -2.84. The van der Waals surface area contributed by atoms with E-state index in [-0.39, 0.29) is 43.3 Å². The normalized spacial score (nSPS) is 23.8. The van der Waals surface area contributed by atoms with Gasteiger partial charge in [-0.25, -0.2) is 9.18 Å². The Morgan fingerprint density at radius 2 is 1.94 bits per heavy atom. The van der Waals surface area contributed by atoms with Crippen molar-refractivity contribution in [3.8, 4) is 5.75 Å². The molecule has 0 bridgehead atoms. The number of benzene rings is 1. The summed E-state index contributed by atoms with van der Waals surface area (Å²) in [6.45, 7) is 10.0. The van der Waals surface area contributed by atoms with E-state index < -0.39 is 17.4 Å². The molecule has 3 amide bonds. The van der Waals surface area contributed by atoms with E-state index in [0.717, 1.165) is 5.56 Å². The summed E-state index contributed by atoms with van der Waals surface area (Å²) < 4.78 is 26.7. The van der Waals surface area contributed by atoms with Crippen LogP contribution in [0.25, 0.3) is 0 Å². The zero-order chi connectivity index (χ0) is 26.0. The van der Waals surface area contributed by atoms with Gasteiger partial charge in [0.2, 0.25) is 0 Å². The maximum absolute atomic E-state index is 15.5. The zero-order valence-corrected chi connectivity index (χ0v) is 21.6. The van der Waals surface area contributed by atoms with Gasteiger partial charge in [-0.1, -0.05) is 6.92 Å². The van der Waals surface area contributed by atoms with Crippen LogP contribution >= 0.6 is 0 Å². The largest absolute Gasteiger partial charge is 0.489 e. The summed E-state index contributed by atoms with van der Waals surface area (Å²) in [7, 11) is 1.53. The lowest BCUT2D eigenvalue weighted by atomic mass is 9.90. The molecule has 2 aliphatic heterocycles. The van der Waals surface area contributed by atoms with Crippen LogP contribution in [0.2, 0.25) is 0 Å². The molecule has 1 saturated heterocycles. The van der Waals surface area contributed by atoms with Crippen molar-refractivity contribution in [1.29, 1.82) is 0 Å². The van der Waals surface area contributed by atoms with E-state index in [9.17, 15) is 14.4 Å². The minimum absolute atomic E-state index is 0.00769. The third-order valence-corrected chi connectivity index (χ3v) is 6.62. The lowest BCUT2D eigenvalue weighted by Crippen LogP contribution is -2.49. The van der Waals surface area contributed by atoms with E-state index in [0.29, 0.717) is 42.7 Å². The lowest BCUT2D eigenvalue weighted by Gasteiger charge is -2.38. The number of amides is 3. The minimum Gasteiger partial charge on any atom is -0.489 e. The smallest absolute Gasteiger partial charge is 0.410 e. The zero-order valence-electron chi connectivity index (χ0n) is 21.6. The SMILES string of the molecule is CNC(=O)c1cc(C(=O)NCCCC2(F)CCCN(C(=O)OC(C)(C)C)C2)cc2c1O[C@H](C)[C@H]2C. The van der Waals surface area contributed by atoms with E-state index in [1.807, 2.05) is 13.8 Å². The van der Waals surface area contributed by atoms with Crippen LogP contribution in [-0.4, -0.2) is 66.9 Å². The van der Waals surface area contributed by atoms with E-state index in [2.05, 4.69) is 10.6 Å². The Balaban J connectivity index is 1.58. The van der Waals surface area contributed by atoms with Crippen LogP contribution in [0.4, 0.5) is 9.18 Å². The number of nitrogens with one attached hydrogen (secondary N) is 2. The van der Waals surface area contributed by atoms with E-state index >= 15 is 4.39 Å². The molecular formula is C26H38FN3O5. The van der Waals surface area contributed by atoms with Gasteiger partial charge in [0.05, 0.1) is 12.1 Å². The Labute approximate surface area is 206 Å². The molecule has 194 valence electrons. The van der Waals surface area contributed by atoms with Crippen LogP contribution < -0.4 is 15.4 Å². The van der Waals surface area contributed by atoms with Crippen molar-refractivity contribution >= 4 is 17.9 Å². The molecule has 8 nitrogen and oxygen atoms in total. The fourth-order valence-corrected chi connectivity index (χ4v) is 4.58. The predicted octanol–water partition coefficient (Wildman–Crippen LogP) is 4.18. The van der Waals surface area contributed by atoms with Gasteiger partial charge in [0.1, 0.15) is 23.1 Å². The minimum atomic E-state index is -1.51. The molecule has 3 rings (SSSR count). The predicted molar refractivity (Wildman–Crippen MR) is 131 cm³/mol. The van der Waals surface area contributed by atoms with E-state index in [4.69, 9.17) is 9.47 Å². The molecule has 1 unspecified atom stereocenters. The number of hydrogen-bond acceptors (Lipinski definition) is 5. The fraction of sp³-hybridized carbons (Fsp3) is 0.654. The number of ether oxygens (including phenoxy) is 2. The molecule has 1 aromatic rings. The van der Waals surface area contributed by atoms with Crippen molar-refractivity contribution in [3.63, 3.8) is 0 Å². The van der Waals surface area contributed by atoms with Crippen LogP contribution in [0.1, 0.15) is 92.5 Å². The number of likely N-dealkylation sites (tertiary alicyclic amines) is 1. The summed E-state index contributed by atoms with van der Waals surface area (Å²) in [6, 6.07) is 3.30. The summed E-state index contributed by atoms with van der Waals surface area (Å²) in [6.07, 6.45) is 0.998. The molecule has 2 aliphatic rings. The molecule has 0 spiro atoms. The highest BCUT2D eigenvalue weighted by molar-refractivity contribution is 6.02. The van der Waals surface area contributed by atoms with Gasteiger partial charge in [0, 0.05) is 37.2 Å². The Bertz CT molecular complexity index is 976. The van der Waals surface area contributed by atoms with Gasteiger partial charge in [-0.3, -0.25) is 9.59 Å². The van der Waals surface area contributed by atoms with Crippen LogP contribution in [0.5, 0.6) is 5.75 Å². The molecule has 0 aromatic heterocycles. The third-order valence-electron chi connectivity index (χ3n) is 6.62. The van der Waals surface area contributed by atoms with Gasteiger partial charge in [-0.05, 0) is 65.5 Å². The molecule has 2 heterocycles. The molecular weight excluding hydrogens is 453 g/mol. The van der Waals surface area contributed by atoms with Crippen molar-refractivity contribution in [2.24, 2.45) is 0 Å². The average molecular weight is 492 g/mol. The Kier molecular flexibility index (Phi) is 7.97. The van der Waals surface area contributed by atoms with Crippen LogP contribution in [0, 0.1) is 0 Å². The highest BCUT2D eigenvalue weighted by atomic mass is 19.1. The summed E-state index contributed by atoms with van der Waals surface area (Å²) in [5, 5.41) is 5.43. The van der Waals surface area contributed by atoms with Gasteiger partial charge < -0.3 is 25.0 Å². The number of halogens is 1. The standard InChI is InChI=1S/C26H38FN3O5/c1-16-17(2)34-21-19(16)13-18(14-20(21)23(32)28-6)22(31)29-11-7-9-26(27)10-8-12-30(15-26)24(33)35-25(3,4)5/h13-14,16-17H,7-12,15H2,1-6H3,(H,28,32)(H,29,31)/t16-,17-,26?/m1/s1. The molecule has 35 heavy (non-hydrogen) atoms. The van der Waals surface area contributed by atoms with Gasteiger partial charge in [0.15, 0.2) is 0 Å². The number of hydrogen-bond donors (Lipinski definition) is 2. The maximum Gasteiger partial charge on any atom is 0.410 e. The van der Waals surface area contributed by atoms with Gasteiger partial charge >= 0.3 is 6.09 Å². The average Bonchev–Trinajstić information content (AvgIpc) is 3.08. The number of nitrogens with zero attached hydrogens (tertiary/aromatic N) is 1. The van der Waals surface area contributed by atoms with Gasteiger partial charge in [0.25, 0.3) is 11.8 Å². The van der Waals surface area contributed by atoms with Crippen molar-refractivity contribution in [2.75, 3.05) is 26.7 Å². The molecule has 1 aromatic carbocycles. The van der Waals surface area contributed by atoms with Crippen LogP contribution in [0.15, 0.2) is 12.1 Å². The fourth-order valence-electron chi connectivity index (χ4n) is 4.58. The van der Waals surface area contributed by atoms with E-state index in [1.54, 1.807) is 26.8 Å². The van der Waals surface area contributed by atoms with Gasteiger partial charge in [-0.2, -0.15) is 0 Å². The highest BCUT2D eigenvalue weighted by Crippen LogP contribution is 2.41.